The van der Waals surface area contributed by atoms with E-state index in [4.69, 9.17) is 5.73 Å². The highest BCUT2D eigenvalue weighted by Gasteiger charge is 2.17. The lowest BCUT2D eigenvalue weighted by molar-refractivity contribution is -0.385. The minimum atomic E-state index is -0.361. The van der Waals surface area contributed by atoms with E-state index < -0.39 is 0 Å². The van der Waals surface area contributed by atoms with E-state index in [1.807, 2.05) is 6.07 Å². The van der Waals surface area contributed by atoms with E-state index in [1.165, 1.54) is 6.07 Å². The van der Waals surface area contributed by atoms with Crippen molar-refractivity contribution in [2.45, 2.75) is 25.4 Å². The van der Waals surface area contributed by atoms with Crippen molar-refractivity contribution in [3.63, 3.8) is 0 Å². The van der Waals surface area contributed by atoms with Gasteiger partial charge >= 0.3 is 0 Å². The molecular formula is C12H16BrN3O2. The number of non-ortho nitro benzene ring substituents is 1. The number of hydrogen-bond donors (Lipinski definition) is 1. The third kappa shape index (κ3) is 3.51. The number of nitrogens with zero attached hydrogens (tertiary/aromatic N) is 2. The van der Waals surface area contributed by atoms with Gasteiger partial charge in [-0.2, -0.15) is 0 Å². The third-order valence-electron chi connectivity index (χ3n) is 3.19. The molecule has 2 rings (SSSR count). The molecule has 1 saturated heterocycles. The fourth-order valence-corrected chi connectivity index (χ4v) is 2.73. The summed E-state index contributed by atoms with van der Waals surface area (Å²) in [4.78, 5) is 12.7. The van der Waals surface area contributed by atoms with Crippen LogP contribution in [0.15, 0.2) is 22.7 Å². The maximum absolute atomic E-state index is 10.8. The lowest BCUT2D eigenvalue weighted by Gasteiger charge is -2.30. The number of benzene rings is 1. The van der Waals surface area contributed by atoms with Crippen molar-refractivity contribution >= 4 is 21.6 Å². The molecule has 1 aromatic rings. The number of nitrogens with two attached hydrogens (primary N) is 1. The summed E-state index contributed by atoms with van der Waals surface area (Å²) in [7, 11) is 0. The Labute approximate surface area is 114 Å². The van der Waals surface area contributed by atoms with Crippen LogP contribution in [-0.2, 0) is 6.54 Å². The first kappa shape index (κ1) is 13.5. The monoisotopic (exact) mass is 313 g/mol. The number of hydrogen-bond acceptors (Lipinski definition) is 4. The van der Waals surface area contributed by atoms with Crippen molar-refractivity contribution in [3.8, 4) is 0 Å². The first-order valence-electron chi connectivity index (χ1n) is 5.96. The topological polar surface area (TPSA) is 72.4 Å². The van der Waals surface area contributed by atoms with Gasteiger partial charge in [0.1, 0.15) is 0 Å². The highest BCUT2D eigenvalue weighted by atomic mass is 79.9. The Morgan fingerprint density at radius 2 is 2.06 bits per heavy atom. The second kappa shape index (κ2) is 5.77. The quantitative estimate of drug-likeness (QED) is 0.686. The predicted octanol–water partition coefficient (Wildman–Crippen LogP) is 2.28. The summed E-state index contributed by atoms with van der Waals surface area (Å²) in [6, 6.07) is 5.40. The van der Waals surface area contributed by atoms with Gasteiger partial charge in [0.15, 0.2) is 0 Å². The van der Waals surface area contributed by atoms with Gasteiger partial charge in [-0.05, 0) is 37.6 Å². The van der Waals surface area contributed by atoms with Crippen LogP contribution in [0, 0.1) is 10.1 Å². The van der Waals surface area contributed by atoms with E-state index in [2.05, 4.69) is 20.8 Å². The van der Waals surface area contributed by atoms with Crippen molar-refractivity contribution in [3.05, 3.63) is 38.3 Å². The molecule has 0 amide bonds. The third-order valence-corrected chi connectivity index (χ3v) is 3.65. The van der Waals surface area contributed by atoms with Crippen molar-refractivity contribution in [2.24, 2.45) is 5.73 Å². The van der Waals surface area contributed by atoms with Crippen LogP contribution in [-0.4, -0.2) is 29.0 Å². The molecule has 0 atom stereocenters. The zero-order chi connectivity index (χ0) is 13.1. The average molecular weight is 314 g/mol. The summed E-state index contributed by atoms with van der Waals surface area (Å²) in [5.41, 5.74) is 6.95. The Balaban J connectivity index is 2.07. The van der Waals surface area contributed by atoms with E-state index in [0.717, 1.165) is 42.5 Å². The minimum Gasteiger partial charge on any atom is -0.328 e. The lowest BCUT2D eigenvalue weighted by atomic mass is 10.1. The molecule has 1 aliphatic heterocycles. The zero-order valence-corrected chi connectivity index (χ0v) is 11.6. The Bertz CT molecular complexity index is 445. The van der Waals surface area contributed by atoms with Crippen LogP contribution in [0.3, 0.4) is 0 Å². The summed E-state index contributed by atoms with van der Waals surface area (Å²) in [6.07, 6.45) is 1.99. The van der Waals surface area contributed by atoms with E-state index in [1.54, 1.807) is 6.07 Å². The first-order valence-corrected chi connectivity index (χ1v) is 6.75. The van der Waals surface area contributed by atoms with Crippen LogP contribution in [0.2, 0.25) is 0 Å². The molecule has 0 spiro atoms. The molecule has 0 saturated carbocycles. The number of likely N-dealkylation sites (tertiary alicyclic amines) is 1. The van der Waals surface area contributed by atoms with Crippen LogP contribution in [0.25, 0.3) is 0 Å². The second-order valence-corrected chi connectivity index (χ2v) is 5.60. The zero-order valence-electron chi connectivity index (χ0n) is 10.0. The van der Waals surface area contributed by atoms with Gasteiger partial charge < -0.3 is 5.73 Å². The molecule has 1 heterocycles. The van der Waals surface area contributed by atoms with E-state index in [-0.39, 0.29) is 10.6 Å². The van der Waals surface area contributed by atoms with Crippen LogP contribution in [0.5, 0.6) is 0 Å². The molecule has 0 bridgehead atoms. The normalized spacial score (nSPS) is 17.9. The van der Waals surface area contributed by atoms with Gasteiger partial charge in [0, 0.05) is 29.2 Å². The van der Waals surface area contributed by atoms with Crippen molar-refractivity contribution in [1.29, 1.82) is 0 Å². The van der Waals surface area contributed by atoms with Gasteiger partial charge in [-0.25, -0.2) is 0 Å². The maximum Gasteiger partial charge on any atom is 0.270 e. The summed E-state index contributed by atoms with van der Waals surface area (Å²) in [5.74, 6) is 0. The molecule has 0 unspecified atom stereocenters. The lowest BCUT2D eigenvalue weighted by Crippen LogP contribution is -2.39. The van der Waals surface area contributed by atoms with Crippen molar-refractivity contribution in [2.75, 3.05) is 13.1 Å². The number of nitro benzene ring substituents is 1. The van der Waals surface area contributed by atoms with Crippen molar-refractivity contribution in [1.82, 2.24) is 4.90 Å². The predicted molar refractivity (Wildman–Crippen MR) is 73.3 cm³/mol. The second-order valence-electron chi connectivity index (χ2n) is 4.69. The molecule has 6 heteroatoms. The Morgan fingerprint density at radius 1 is 1.39 bits per heavy atom. The van der Waals surface area contributed by atoms with Gasteiger partial charge in [-0.1, -0.05) is 15.9 Å². The minimum absolute atomic E-state index is 0.132. The molecule has 0 aromatic heterocycles. The van der Waals surface area contributed by atoms with Crippen LogP contribution < -0.4 is 5.73 Å². The van der Waals surface area contributed by atoms with Gasteiger partial charge in [-0.3, -0.25) is 15.0 Å². The number of rotatable bonds is 3. The number of halogens is 1. The Hall–Kier alpha value is -0.980. The van der Waals surface area contributed by atoms with Crippen LogP contribution >= 0.6 is 15.9 Å². The molecule has 98 valence electrons. The molecule has 1 fully saturated rings. The molecule has 5 nitrogen and oxygen atoms in total. The van der Waals surface area contributed by atoms with E-state index in [9.17, 15) is 10.1 Å². The highest BCUT2D eigenvalue weighted by Crippen LogP contribution is 2.23. The SMILES string of the molecule is NC1CCN(Cc2cc(Br)cc([N+](=O)[O-])c2)CC1. The van der Waals surface area contributed by atoms with Gasteiger partial charge in [0.2, 0.25) is 0 Å². The summed E-state index contributed by atoms with van der Waals surface area (Å²) < 4.78 is 0.750. The van der Waals surface area contributed by atoms with E-state index >= 15 is 0 Å². The number of piperidine rings is 1. The molecule has 0 radical (unpaired) electrons. The van der Waals surface area contributed by atoms with Crippen molar-refractivity contribution < 1.29 is 4.92 Å². The highest BCUT2D eigenvalue weighted by molar-refractivity contribution is 9.10. The number of nitro groups is 1. The molecular weight excluding hydrogens is 298 g/mol. The molecule has 1 aromatic carbocycles. The maximum atomic E-state index is 10.8. The van der Waals surface area contributed by atoms with Crippen LogP contribution in [0.1, 0.15) is 18.4 Å². The van der Waals surface area contributed by atoms with Gasteiger partial charge in [0.05, 0.1) is 4.92 Å². The average Bonchev–Trinajstić information content (AvgIpc) is 2.31. The molecule has 0 aliphatic carbocycles. The molecule has 1 aliphatic rings. The summed E-state index contributed by atoms with van der Waals surface area (Å²) >= 11 is 3.31. The largest absolute Gasteiger partial charge is 0.328 e. The standard InChI is InChI=1S/C12H16BrN3O2/c13-10-5-9(6-12(7-10)16(17)18)8-15-3-1-11(14)2-4-15/h5-7,11H,1-4,8,14H2. The van der Waals surface area contributed by atoms with Gasteiger partial charge in [0.25, 0.3) is 5.69 Å². The fraction of sp³-hybridized carbons (Fsp3) is 0.500. The fourth-order valence-electron chi connectivity index (χ4n) is 2.20. The smallest absolute Gasteiger partial charge is 0.270 e. The van der Waals surface area contributed by atoms with Crippen LogP contribution in [0.4, 0.5) is 5.69 Å². The van der Waals surface area contributed by atoms with Gasteiger partial charge in [-0.15, -0.1) is 0 Å². The Kier molecular flexibility index (Phi) is 4.31. The molecule has 18 heavy (non-hydrogen) atoms. The Morgan fingerprint density at radius 3 is 2.67 bits per heavy atom. The summed E-state index contributed by atoms with van der Waals surface area (Å²) in [6.45, 7) is 2.66. The first-order chi connectivity index (χ1) is 8.54. The van der Waals surface area contributed by atoms with E-state index in [0.29, 0.717) is 6.04 Å². The molecule has 2 N–H and O–H groups in total. The summed E-state index contributed by atoms with van der Waals surface area (Å²) in [5, 5.41) is 10.8.